The number of fused-ring (bicyclic) bond motifs is 1. The average Bonchev–Trinajstić information content (AvgIpc) is 2.75. The maximum absolute atomic E-state index is 12.6. The van der Waals surface area contributed by atoms with Gasteiger partial charge >= 0.3 is 18.1 Å². The summed E-state index contributed by atoms with van der Waals surface area (Å²) in [5.74, 6) is -0.456. The van der Waals surface area contributed by atoms with Gasteiger partial charge in [-0.05, 0) is 52.2 Å². The van der Waals surface area contributed by atoms with Crippen molar-refractivity contribution in [3.63, 3.8) is 0 Å². The second-order valence-electron chi connectivity index (χ2n) is 9.34. The summed E-state index contributed by atoms with van der Waals surface area (Å²) in [5.41, 5.74) is 1.18. The number of ether oxygens (including phenoxy) is 3. The third-order valence-electron chi connectivity index (χ3n) is 6.32. The molecule has 0 unspecified atom stereocenters. The van der Waals surface area contributed by atoms with Gasteiger partial charge in [0.05, 0.1) is 30.8 Å². The Morgan fingerprint density at radius 1 is 1.06 bits per heavy atom. The number of carbonyl (C=O) groups excluding carboxylic acids is 2. The molecule has 4 rings (SSSR count). The number of methoxy groups -OCH3 is 2. The quantitative estimate of drug-likeness (QED) is 0.668. The topological polar surface area (TPSA) is 94.1 Å². The molecule has 9 nitrogen and oxygen atoms in total. The lowest BCUT2D eigenvalue weighted by molar-refractivity contribution is -0.0541. The van der Waals surface area contributed by atoms with E-state index >= 15 is 0 Å². The molecule has 1 aromatic heterocycles. The summed E-state index contributed by atoms with van der Waals surface area (Å²) in [6.45, 7) is 7.95. The van der Waals surface area contributed by atoms with Crippen molar-refractivity contribution in [2.75, 3.05) is 38.8 Å². The predicted octanol–water partition coefficient (Wildman–Crippen LogP) is 3.40. The second kappa shape index (κ2) is 8.11. The first-order valence-electron chi connectivity index (χ1n) is 10.8. The summed E-state index contributed by atoms with van der Waals surface area (Å²) >= 11 is 0. The summed E-state index contributed by atoms with van der Waals surface area (Å²) in [4.78, 5) is 37.7. The lowest BCUT2D eigenvalue weighted by atomic mass is 9.76. The van der Waals surface area contributed by atoms with Crippen LogP contribution in [0.2, 0.25) is 0 Å². The Kier molecular flexibility index (Phi) is 5.60. The molecule has 32 heavy (non-hydrogen) atoms. The minimum Gasteiger partial charge on any atom is -0.467 e. The number of aromatic nitrogens is 2. The summed E-state index contributed by atoms with van der Waals surface area (Å²) in [5, 5.41) is 0.766. The lowest BCUT2D eigenvalue weighted by Gasteiger charge is -2.56. The number of nitrogens with zero attached hydrogens (tertiary/aromatic N) is 4. The number of benzene rings is 1. The first kappa shape index (κ1) is 22.1. The number of esters is 1. The average molecular weight is 443 g/mol. The van der Waals surface area contributed by atoms with E-state index in [1.165, 1.54) is 14.2 Å². The van der Waals surface area contributed by atoms with E-state index in [0.717, 1.165) is 50.0 Å². The number of piperidine rings is 1. The molecule has 2 aliphatic rings. The molecular weight excluding hydrogens is 412 g/mol. The van der Waals surface area contributed by atoms with Gasteiger partial charge in [-0.25, -0.2) is 14.6 Å². The lowest BCUT2D eigenvalue weighted by Crippen LogP contribution is -2.66. The molecule has 0 N–H and O–H groups in total. The fraction of sp³-hybridized carbons (Fsp3) is 0.565. The molecule has 2 saturated heterocycles. The zero-order valence-corrected chi connectivity index (χ0v) is 19.3. The van der Waals surface area contributed by atoms with Crippen LogP contribution in [0.3, 0.4) is 0 Å². The number of likely N-dealkylation sites (tertiary alicyclic amines) is 1. The molecule has 1 aromatic carbocycles. The highest BCUT2D eigenvalue weighted by atomic mass is 16.6. The van der Waals surface area contributed by atoms with Crippen LogP contribution in [0, 0.1) is 0 Å². The van der Waals surface area contributed by atoms with Crippen LogP contribution in [0.4, 0.5) is 10.5 Å². The fourth-order valence-electron chi connectivity index (χ4n) is 4.56. The maximum atomic E-state index is 12.6. The Hall–Kier alpha value is -3.10. The molecule has 1 amide bonds. The van der Waals surface area contributed by atoms with Crippen molar-refractivity contribution in [1.82, 2.24) is 14.9 Å². The third kappa shape index (κ3) is 3.91. The van der Waals surface area contributed by atoms with Crippen molar-refractivity contribution in [2.24, 2.45) is 0 Å². The van der Waals surface area contributed by atoms with Gasteiger partial charge in [-0.15, -0.1) is 0 Å². The number of rotatable bonds is 3. The summed E-state index contributed by atoms with van der Waals surface area (Å²) < 4.78 is 15.7. The molecule has 2 fully saturated rings. The number of amides is 1. The van der Waals surface area contributed by atoms with Crippen LogP contribution < -0.4 is 9.64 Å². The maximum Gasteiger partial charge on any atom is 0.410 e. The zero-order valence-electron chi connectivity index (χ0n) is 19.3. The monoisotopic (exact) mass is 442 g/mol. The van der Waals surface area contributed by atoms with Gasteiger partial charge in [0.15, 0.2) is 0 Å². The van der Waals surface area contributed by atoms with Crippen LogP contribution in [0.5, 0.6) is 6.01 Å². The van der Waals surface area contributed by atoms with Crippen LogP contribution >= 0.6 is 0 Å². The SMILES string of the molecule is COC(=O)c1ccc(N2CCC3(CC2)CCN3C(=O)OC(C)(C)C)c2cnc(OC)nc12. The van der Waals surface area contributed by atoms with Crippen LogP contribution in [0.25, 0.3) is 10.9 Å². The normalized spacial score (nSPS) is 17.8. The van der Waals surface area contributed by atoms with Gasteiger partial charge in [0, 0.05) is 36.9 Å². The Morgan fingerprint density at radius 3 is 2.31 bits per heavy atom. The van der Waals surface area contributed by atoms with Gasteiger partial charge in [0.1, 0.15) is 5.60 Å². The van der Waals surface area contributed by atoms with E-state index in [1.54, 1.807) is 12.3 Å². The van der Waals surface area contributed by atoms with E-state index in [9.17, 15) is 9.59 Å². The summed E-state index contributed by atoms with van der Waals surface area (Å²) in [7, 11) is 2.83. The highest BCUT2D eigenvalue weighted by Crippen LogP contribution is 2.42. The first-order chi connectivity index (χ1) is 15.2. The Bertz CT molecular complexity index is 1040. The van der Waals surface area contributed by atoms with E-state index in [2.05, 4.69) is 14.9 Å². The van der Waals surface area contributed by atoms with E-state index in [-0.39, 0.29) is 17.6 Å². The predicted molar refractivity (Wildman–Crippen MR) is 119 cm³/mol. The van der Waals surface area contributed by atoms with Crippen LogP contribution in [-0.4, -0.2) is 71.9 Å². The minimum absolute atomic E-state index is 0.139. The number of hydrogen-bond donors (Lipinski definition) is 0. The van der Waals surface area contributed by atoms with Crippen molar-refractivity contribution in [1.29, 1.82) is 0 Å². The zero-order chi connectivity index (χ0) is 23.1. The number of anilines is 1. The first-order valence-corrected chi connectivity index (χ1v) is 10.8. The third-order valence-corrected chi connectivity index (χ3v) is 6.32. The van der Waals surface area contributed by atoms with Gasteiger partial charge in [-0.1, -0.05) is 0 Å². The molecule has 1 spiro atoms. The van der Waals surface area contributed by atoms with E-state index in [1.807, 2.05) is 31.7 Å². The molecule has 9 heteroatoms. The van der Waals surface area contributed by atoms with Crippen molar-refractivity contribution in [3.8, 4) is 6.01 Å². The van der Waals surface area contributed by atoms with Crippen molar-refractivity contribution in [3.05, 3.63) is 23.9 Å². The molecule has 0 aliphatic carbocycles. The molecule has 172 valence electrons. The van der Waals surface area contributed by atoms with Gasteiger partial charge in [-0.3, -0.25) is 0 Å². The Labute approximate surface area is 187 Å². The van der Waals surface area contributed by atoms with Crippen LogP contribution in [0.1, 0.15) is 50.4 Å². The highest BCUT2D eigenvalue weighted by molar-refractivity contribution is 6.06. The van der Waals surface area contributed by atoms with Crippen LogP contribution in [0.15, 0.2) is 18.3 Å². The summed E-state index contributed by atoms with van der Waals surface area (Å²) in [6.07, 6.45) is 4.14. The minimum atomic E-state index is -0.504. The highest BCUT2D eigenvalue weighted by Gasteiger charge is 2.50. The Balaban J connectivity index is 1.57. The van der Waals surface area contributed by atoms with Gasteiger partial charge in [-0.2, -0.15) is 4.98 Å². The molecule has 2 aliphatic heterocycles. The second-order valence-corrected chi connectivity index (χ2v) is 9.34. The number of hydrogen-bond acceptors (Lipinski definition) is 8. The molecule has 0 radical (unpaired) electrons. The molecule has 0 atom stereocenters. The molecule has 3 heterocycles. The standard InChI is InChI=1S/C23H30N4O5/c1-22(2,3)32-21(29)27-13-10-23(27)8-11-26(12-9-23)17-7-6-15(19(28)30-4)18-16(17)14-24-20(25-18)31-5/h6-7,14H,8-13H2,1-5H3. The van der Waals surface area contributed by atoms with Gasteiger partial charge in [0.2, 0.25) is 0 Å². The van der Waals surface area contributed by atoms with Gasteiger partial charge in [0.25, 0.3) is 0 Å². The molecular formula is C23H30N4O5. The van der Waals surface area contributed by atoms with E-state index in [0.29, 0.717) is 11.1 Å². The van der Waals surface area contributed by atoms with Crippen LogP contribution in [-0.2, 0) is 9.47 Å². The number of carbonyl (C=O) groups is 2. The smallest absolute Gasteiger partial charge is 0.410 e. The van der Waals surface area contributed by atoms with Crippen molar-refractivity contribution < 1.29 is 23.8 Å². The molecule has 0 saturated carbocycles. The fourth-order valence-corrected chi connectivity index (χ4v) is 4.56. The largest absolute Gasteiger partial charge is 0.467 e. The Morgan fingerprint density at radius 2 is 1.75 bits per heavy atom. The van der Waals surface area contributed by atoms with E-state index in [4.69, 9.17) is 14.2 Å². The summed E-state index contributed by atoms with van der Waals surface area (Å²) in [6, 6.07) is 3.84. The molecule has 2 aromatic rings. The van der Waals surface area contributed by atoms with E-state index < -0.39 is 11.6 Å². The molecule has 0 bridgehead atoms. The van der Waals surface area contributed by atoms with Gasteiger partial charge < -0.3 is 24.0 Å². The van der Waals surface area contributed by atoms with Crippen molar-refractivity contribution in [2.45, 2.75) is 51.2 Å². The van der Waals surface area contributed by atoms with Crippen molar-refractivity contribution >= 4 is 28.7 Å².